The summed E-state index contributed by atoms with van der Waals surface area (Å²) in [5.74, 6) is -2.02. The Morgan fingerprint density at radius 1 is 1.21 bits per heavy atom. The summed E-state index contributed by atoms with van der Waals surface area (Å²) in [6, 6.07) is 7.95. The molecule has 2 atom stereocenters. The Balaban J connectivity index is 0.000000383. The molecule has 0 bridgehead atoms. The molecule has 1 saturated heterocycles. The lowest BCUT2D eigenvalue weighted by Gasteiger charge is -2.32. The zero-order chi connectivity index (χ0) is 24.0. The van der Waals surface area contributed by atoms with Crippen LogP contribution in [0.1, 0.15) is 37.7 Å². The van der Waals surface area contributed by atoms with Crippen LogP contribution in [0.15, 0.2) is 36.4 Å². The summed E-state index contributed by atoms with van der Waals surface area (Å²) in [5, 5.41) is 13.4. The van der Waals surface area contributed by atoms with E-state index >= 15 is 0 Å². The van der Waals surface area contributed by atoms with Crippen molar-refractivity contribution in [2.75, 3.05) is 18.0 Å². The van der Waals surface area contributed by atoms with Gasteiger partial charge in [-0.1, -0.05) is 43.5 Å². The van der Waals surface area contributed by atoms with E-state index < -0.39 is 12.1 Å². The highest BCUT2D eigenvalue weighted by molar-refractivity contribution is 6.03. The molecule has 0 unspecified atom stereocenters. The summed E-state index contributed by atoms with van der Waals surface area (Å²) in [7, 11) is 0. The molecular weight excluding hydrogens is 439 g/mol. The van der Waals surface area contributed by atoms with Crippen LogP contribution in [-0.4, -0.2) is 54.2 Å². The number of hydrogen-bond acceptors (Lipinski definition) is 4. The highest BCUT2D eigenvalue weighted by Gasteiger charge is 2.38. The molecule has 1 aliphatic carbocycles. The fourth-order valence-corrected chi connectivity index (χ4v) is 3.92. The minimum Gasteiger partial charge on any atom is -0.475 e. The van der Waals surface area contributed by atoms with Crippen LogP contribution in [-0.2, 0) is 20.8 Å². The maximum Gasteiger partial charge on any atom is 0.490 e. The van der Waals surface area contributed by atoms with Crippen molar-refractivity contribution in [3.63, 3.8) is 0 Å². The maximum atomic E-state index is 12.7. The molecule has 2 fully saturated rings. The molecule has 33 heavy (non-hydrogen) atoms. The topological polar surface area (TPSA) is 98.7 Å². The number of para-hydroxylation sites is 1. The number of carboxylic acids is 1. The molecule has 10 heteroatoms. The van der Waals surface area contributed by atoms with Crippen molar-refractivity contribution in [1.29, 1.82) is 0 Å². The Morgan fingerprint density at radius 3 is 2.42 bits per heavy atom. The first kappa shape index (κ1) is 24.8. The van der Waals surface area contributed by atoms with Gasteiger partial charge in [0.05, 0.1) is 6.04 Å². The van der Waals surface area contributed by atoms with E-state index in [-0.39, 0.29) is 23.9 Å². The van der Waals surface area contributed by atoms with Gasteiger partial charge in [-0.3, -0.25) is 9.59 Å². The highest BCUT2D eigenvalue weighted by atomic mass is 19.4. The molecule has 2 aliphatic heterocycles. The van der Waals surface area contributed by atoms with Crippen molar-refractivity contribution in [3.8, 4) is 0 Å². The summed E-state index contributed by atoms with van der Waals surface area (Å²) < 4.78 is 31.7. The number of carbonyl (C=O) groups excluding carboxylic acids is 2. The third-order valence-electron chi connectivity index (χ3n) is 6.15. The van der Waals surface area contributed by atoms with Gasteiger partial charge in [0.2, 0.25) is 5.91 Å². The van der Waals surface area contributed by atoms with Gasteiger partial charge in [-0.2, -0.15) is 13.2 Å². The second kappa shape index (κ2) is 10.8. The van der Waals surface area contributed by atoms with Crippen LogP contribution in [0.4, 0.5) is 18.9 Å². The zero-order valence-corrected chi connectivity index (χ0v) is 18.1. The lowest BCUT2D eigenvalue weighted by Crippen LogP contribution is -2.55. The van der Waals surface area contributed by atoms with Gasteiger partial charge in [0.15, 0.2) is 0 Å². The van der Waals surface area contributed by atoms with Gasteiger partial charge in [-0.15, -0.1) is 0 Å². The number of halogens is 3. The summed E-state index contributed by atoms with van der Waals surface area (Å²) in [6.45, 7) is 1.64. The molecular formula is C23H28F3N3O4. The Hall–Kier alpha value is -2.88. The zero-order valence-electron chi connectivity index (χ0n) is 18.1. The number of hydrogen-bond donors (Lipinski definition) is 3. The summed E-state index contributed by atoms with van der Waals surface area (Å²) in [6.07, 6.45) is 4.95. The normalized spacial score (nSPS) is 20.7. The average Bonchev–Trinajstić information content (AvgIpc) is 3.11. The predicted molar refractivity (Wildman–Crippen MR) is 116 cm³/mol. The fourth-order valence-electron chi connectivity index (χ4n) is 3.92. The molecule has 2 heterocycles. The largest absolute Gasteiger partial charge is 0.490 e. The summed E-state index contributed by atoms with van der Waals surface area (Å²) >= 11 is 0. The monoisotopic (exact) mass is 467 g/mol. The predicted octanol–water partition coefficient (Wildman–Crippen LogP) is 2.80. The number of nitrogens with one attached hydrogen (secondary N) is 2. The van der Waals surface area contributed by atoms with Crippen molar-refractivity contribution in [2.45, 2.75) is 56.8 Å². The van der Waals surface area contributed by atoms with E-state index in [9.17, 15) is 22.8 Å². The minimum absolute atomic E-state index is 0.00424. The molecule has 1 saturated carbocycles. The standard InChI is InChI=1S/C21H27N3O2.C2HF3O2/c25-20(24-13-11-16-6-1-2-7-19(16)24)9-8-17(14-15-4-3-5-15)23-21(26)18-10-12-22-18;3-2(4,5)1(6)7/h1-2,6-9,15,17-18,22H,3-5,10-14H2,(H,23,26);(H,6,7)/b9-8+;/t17-,18+;/m1./s1. The Bertz CT molecular complexity index is 895. The molecule has 3 N–H and O–H groups in total. The Kier molecular flexibility index (Phi) is 8.12. The second-order valence-corrected chi connectivity index (χ2v) is 8.47. The highest BCUT2D eigenvalue weighted by Crippen LogP contribution is 2.31. The van der Waals surface area contributed by atoms with Crippen molar-refractivity contribution >= 4 is 23.5 Å². The Labute approximate surface area is 190 Å². The molecule has 4 rings (SSSR count). The van der Waals surface area contributed by atoms with Crippen LogP contribution >= 0.6 is 0 Å². The van der Waals surface area contributed by atoms with Crippen LogP contribution in [0.25, 0.3) is 0 Å². The number of aliphatic carboxylic acids is 1. The van der Waals surface area contributed by atoms with Gasteiger partial charge >= 0.3 is 12.1 Å². The molecule has 1 aromatic carbocycles. The van der Waals surface area contributed by atoms with Crippen LogP contribution in [0.3, 0.4) is 0 Å². The van der Waals surface area contributed by atoms with Gasteiger partial charge in [-0.25, -0.2) is 4.79 Å². The average molecular weight is 467 g/mol. The van der Waals surface area contributed by atoms with E-state index in [1.165, 1.54) is 24.8 Å². The van der Waals surface area contributed by atoms with Crippen LogP contribution < -0.4 is 15.5 Å². The van der Waals surface area contributed by atoms with Gasteiger partial charge in [0.1, 0.15) is 0 Å². The first-order chi connectivity index (χ1) is 15.6. The van der Waals surface area contributed by atoms with Crippen LogP contribution in [0.5, 0.6) is 0 Å². The van der Waals surface area contributed by atoms with E-state index in [2.05, 4.69) is 16.7 Å². The fraction of sp³-hybridized carbons (Fsp3) is 0.522. The van der Waals surface area contributed by atoms with Crippen molar-refractivity contribution < 1.29 is 32.7 Å². The lowest BCUT2D eigenvalue weighted by molar-refractivity contribution is -0.192. The number of carboxylic acid groups (broad SMARTS) is 1. The number of nitrogens with zero attached hydrogens (tertiary/aromatic N) is 1. The summed E-state index contributed by atoms with van der Waals surface area (Å²) in [5.41, 5.74) is 2.24. The van der Waals surface area contributed by atoms with Gasteiger partial charge < -0.3 is 20.6 Å². The number of anilines is 1. The number of rotatable bonds is 6. The molecule has 2 amide bonds. The minimum atomic E-state index is -5.08. The molecule has 0 radical (unpaired) electrons. The number of benzene rings is 1. The van der Waals surface area contributed by atoms with Gasteiger partial charge in [-0.05, 0) is 43.4 Å². The molecule has 3 aliphatic rings. The second-order valence-electron chi connectivity index (χ2n) is 8.47. The smallest absolute Gasteiger partial charge is 0.475 e. The number of carbonyl (C=O) groups is 3. The third-order valence-corrected chi connectivity index (χ3v) is 6.15. The molecule has 0 aromatic heterocycles. The lowest BCUT2D eigenvalue weighted by atomic mass is 9.80. The molecule has 1 aromatic rings. The quantitative estimate of drug-likeness (QED) is 0.559. The molecule has 180 valence electrons. The summed E-state index contributed by atoms with van der Waals surface area (Å²) in [4.78, 5) is 35.7. The first-order valence-electron chi connectivity index (χ1n) is 11.1. The van der Waals surface area contributed by atoms with Gasteiger partial charge in [0.25, 0.3) is 5.91 Å². The molecule has 0 spiro atoms. The number of amides is 2. The van der Waals surface area contributed by atoms with E-state index in [4.69, 9.17) is 9.90 Å². The van der Waals surface area contributed by atoms with Crippen molar-refractivity contribution in [2.24, 2.45) is 5.92 Å². The van der Waals surface area contributed by atoms with Crippen LogP contribution in [0.2, 0.25) is 0 Å². The van der Waals surface area contributed by atoms with Crippen molar-refractivity contribution in [1.82, 2.24) is 10.6 Å². The van der Waals surface area contributed by atoms with E-state index in [1.54, 1.807) is 6.08 Å². The first-order valence-corrected chi connectivity index (χ1v) is 11.1. The molecule has 7 nitrogen and oxygen atoms in total. The maximum absolute atomic E-state index is 12.7. The SMILES string of the molecule is O=C(N[C@H](/C=C/C(=O)N1CCc2ccccc21)CC1CCC1)[C@@H]1CCN1.O=C(O)C(F)(F)F. The Morgan fingerprint density at radius 2 is 1.88 bits per heavy atom. The number of fused-ring (bicyclic) bond motifs is 1. The van der Waals surface area contributed by atoms with E-state index in [1.807, 2.05) is 29.2 Å². The van der Waals surface area contributed by atoms with Crippen molar-refractivity contribution in [3.05, 3.63) is 42.0 Å². The van der Waals surface area contributed by atoms with Crippen LogP contribution in [0, 0.1) is 5.92 Å². The van der Waals surface area contributed by atoms with E-state index in [0.29, 0.717) is 5.92 Å². The third kappa shape index (κ3) is 6.80. The van der Waals surface area contributed by atoms with E-state index in [0.717, 1.165) is 38.0 Å². The number of alkyl halides is 3. The van der Waals surface area contributed by atoms with Gasteiger partial charge in [0, 0.05) is 24.4 Å².